The van der Waals surface area contributed by atoms with E-state index in [2.05, 4.69) is 35.4 Å². The van der Waals surface area contributed by atoms with Crippen LogP contribution < -0.4 is 9.46 Å². The molecule has 0 amide bonds. The lowest BCUT2D eigenvalue weighted by atomic mass is 10.2. The molecule has 11 heteroatoms. The first-order valence-corrected chi connectivity index (χ1v) is 10.5. The van der Waals surface area contributed by atoms with Crippen molar-refractivity contribution in [2.75, 3.05) is 11.8 Å². The molecule has 29 heavy (non-hydrogen) atoms. The van der Waals surface area contributed by atoms with Crippen LogP contribution in [0.3, 0.4) is 0 Å². The smallest absolute Gasteiger partial charge is 0.341 e. The molecule has 0 atom stereocenters. The summed E-state index contributed by atoms with van der Waals surface area (Å²) in [5.74, 6) is -0.747. The van der Waals surface area contributed by atoms with Gasteiger partial charge in [-0.15, -0.1) is 0 Å². The van der Waals surface area contributed by atoms with Crippen molar-refractivity contribution in [1.82, 2.24) is 9.97 Å². The molecule has 0 aliphatic rings. The van der Waals surface area contributed by atoms with Gasteiger partial charge in [-0.25, -0.2) is 14.8 Å². The van der Waals surface area contributed by atoms with Crippen molar-refractivity contribution in [2.45, 2.75) is 18.6 Å². The maximum absolute atomic E-state index is 12.7. The summed E-state index contributed by atoms with van der Waals surface area (Å²) in [4.78, 5) is 19.9. The van der Waals surface area contributed by atoms with Gasteiger partial charge in [-0.3, -0.25) is 4.72 Å². The van der Waals surface area contributed by atoms with Gasteiger partial charge in [0.25, 0.3) is 15.9 Å². The number of nitrogens with one attached hydrogen (secondary N) is 1. The molecular weight excluding hydrogens is 466 g/mol. The molecule has 2 aromatic heterocycles. The summed E-state index contributed by atoms with van der Waals surface area (Å²) in [6.07, 6.45) is 1.32. The number of carbonyl (C=O) groups excluding carboxylic acids is 1. The molecule has 1 N–H and O–H groups in total. The Kier molecular flexibility index (Phi) is 6.18. The van der Waals surface area contributed by atoms with Crippen LogP contribution in [0.2, 0.25) is 0 Å². The Morgan fingerprint density at radius 3 is 2.69 bits per heavy atom. The van der Waals surface area contributed by atoms with Gasteiger partial charge in [-0.05, 0) is 28.4 Å². The van der Waals surface area contributed by atoms with Crippen LogP contribution in [0.25, 0.3) is 0 Å². The van der Waals surface area contributed by atoms with Gasteiger partial charge in [0.1, 0.15) is 22.5 Å². The Morgan fingerprint density at radius 2 is 2.00 bits per heavy atom. The number of benzene rings is 1. The van der Waals surface area contributed by atoms with E-state index < -0.39 is 21.1 Å². The number of hydrogen-bond donors (Lipinski definition) is 1. The largest absolute Gasteiger partial charge is 0.470 e. The van der Waals surface area contributed by atoms with E-state index in [0.29, 0.717) is 4.60 Å². The number of methoxy groups -OCH3 is 1. The summed E-state index contributed by atoms with van der Waals surface area (Å²) >= 11 is 3.18. The number of aromatic nitrogens is 2. The fraction of sp³-hybridized carbons (Fsp3) is 0.167. The molecular formula is C18H16BrN3O6S. The van der Waals surface area contributed by atoms with Gasteiger partial charge < -0.3 is 13.9 Å². The van der Waals surface area contributed by atoms with Crippen molar-refractivity contribution in [3.63, 3.8) is 0 Å². The Balaban J connectivity index is 1.86. The maximum Gasteiger partial charge on any atom is 0.341 e. The number of halogens is 1. The van der Waals surface area contributed by atoms with Gasteiger partial charge >= 0.3 is 5.97 Å². The van der Waals surface area contributed by atoms with Crippen LogP contribution in [-0.4, -0.2) is 31.5 Å². The van der Waals surface area contributed by atoms with Crippen LogP contribution in [0.5, 0.6) is 5.88 Å². The standard InChI is InChI=1S/C18H16BrN3O6S/c1-11-13(18(23)26-2)8-15(28-11)29(24,25)22-16-17(21-14(19)9-20-16)27-10-12-6-4-3-5-7-12/h3-9H,10H2,1-2H3,(H,20,22). The van der Waals surface area contributed by atoms with Crippen LogP contribution in [0.15, 0.2) is 56.7 Å². The number of ether oxygens (including phenoxy) is 2. The summed E-state index contributed by atoms with van der Waals surface area (Å²) < 4.78 is 43.5. The van der Waals surface area contributed by atoms with Gasteiger partial charge in [0.15, 0.2) is 0 Å². The fourth-order valence-corrected chi connectivity index (χ4v) is 3.59. The minimum Gasteiger partial charge on any atom is -0.470 e. The van der Waals surface area contributed by atoms with Crippen LogP contribution in [0.1, 0.15) is 21.7 Å². The van der Waals surface area contributed by atoms with Gasteiger partial charge in [0, 0.05) is 6.07 Å². The zero-order valence-electron chi connectivity index (χ0n) is 15.4. The van der Waals surface area contributed by atoms with Crippen LogP contribution in [0, 0.1) is 6.92 Å². The van der Waals surface area contributed by atoms with Gasteiger partial charge in [-0.2, -0.15) is 8.42 Å². The molecule has 0 fully saturated rings. The van der Waals surface area contributed by atoms with Crippen molar-refractivity contribution in [1.29, 1.82) is 0 Å². The third kappa shape index (κ3) is 4.93. The van der Waals surface area contributed by atoms with Crippen molar-refractivity contribution < 1.29 is 27.1 Å². The topological polar surface area (TPSA) is 121 Å². The minimum absolute atomic E-state index is 0.00955. The molecule has 9 nitrogen and oxygen atoms in total. The summed E-state index contributed by atoms with van der Waals surface area (Å²) in [6, 6.07) is 10.4. The summed E-state index contributed by atoms with van der Waals surface area (Å²) in [5, 5.41) is -0.464. The van der Waals surface area contributed by atoms with Crippen LogP contribution in [0.4, 0.5) is 5.82 Å². The van der Waals surface area contributed by atoms with E-state index in [-0.39, 0.29) is 29.6 Å². The third-order valence-corrected chi connectivity index (χ3v) is 5.30. The molecule has 0 aliphatic carbocycles. The van der Waals surface area contributed by atoms with Crippen molar-refractivity contribution in [3.05, 3.63) is 64.1 Å². The molecule has 152 valence electrons. The quantitative estimate of drug-likeness (QED) is 0.510. The number of anilines is 1. The summed E-state index contributed by atoms with van der Waals surface area (Å²) in [6.45, 7) is 1.62. The van der Waals surface area contributed by atoms with E-state index >= 15 is 0 Å². The second-order valence-electron chi connectivity index (χ2n) is 5.75. The number of hydrogen-bond acceptors (Lipinski definition) is 8. The average Bonchev–Trinajstić information content (AvgIpc) is 3.11. The van der Waals surface area contributed by atoms with E-state index in [4.69, 9.17) is 9.15 Å². The van der Waals surface area contributed by atoms with E-state index in [0.717, 1.165) is 11.6 Å². The molecule has 0 spiro atoms. The molecule has 0 bridgehead atoms. The monoisotopic (exact) mass is 481 g/mol. The first kappa shape index (κ1) is 20.8. The normalized spacial score (nSPS) is 11.1. The maximum atomic E-state index is 12.7. The second-order valence-corrected chi connectivity index (χ2v) is 8.18. The van der Waals surface area contributed by atoms with Gasteiger partial charge in [0.05, 0.1) is 13.3 Å². The van der Waals surface area contributed by atoms with Crippen LogP contribution in [-0.2, 0) is 21.4 Å². The van der Waals surface area contributed by atoms with Crippen molar-refractivity contribution in [2.24, 2.45) is 0 Å². The minimum atomic E-state index is -4.20. The molecule has 0 unspecified atom stereocenters. The SMILES string of the molecule is COC(=O)c1cc(S(=O)(=O)Nc2ncc(Br)nc2OCc2ccccc2)oc1C. The van der Waals surface area contributed by atoms with Gasteiger partial charge in [-0.1, -0.05) is 30.3 Å². The highest BCUT2D eigenvalue weighted by atomic mass is 79.9. The zero-order valence-corrected chi connectivity index (χ0v) is 17.8. The van der Waals surface area contributed by atoms with E-state index in [1.165, 1.54) is 20.2 Å². The van der Waals surface area contributed by atoms with Crippen molar-refractivity contribution >= 4 is 37.7 Å². The van der Waals surface area contributed by atoms with Crippen molar-refractivity contribution in [3.8, 4) is 5.88 Å². The molecule has 3 rings (SSSR count). The lowest BCUT2D eigenvalue weighted by Crippen LogP contribution is -2.15. The lowest BCUT2D eigenvalue weighted by Gasteiger charge is -2.11. The number of aryl methyl sites for hydroxylation is 1. The first-order chi connectivity index (χ1) is 13.8. The predicted molar refractivity (Wildman–Crippen MR) is 106 cm³/mol. The Hall–Kier alpha value is -2.92. The van der Waals surface area contributed by atoms with Gasteiger partial charge in [0.2, 0.25) is 10.9 Å². The highest BCUT2D eigenvalue weighted by Gasteiger charge is 2.26. The van der Waals surface area contributed by atoms with E-state index in [1.54, 1.807) is 0 Å². The molecule has 1 aromatic carbocycles. The number of esters is 1. The summed E-state index contributed by atoms with van der Waals surface area (Å²) in [5.41, 5.74) is 0.878. The summed E-state index contributed by atoms with van der Waals surface area (Å²) in [7, 11) is -3.01. The van der Waals surface area contributed by atoms with Crippen LogP contribution >= 0.6 is 15.9 Å². The number of furan rings is 1. The molecule has 2 heterocycles. The number of sulfonamides is 1. The van der Waals surface area contributed by atoms with E-state index in [9.17, 15) is 13.2 Å². The first-order valence-electron chi connectivity index (χ1n) is 8.21. The average molecular weight is 482 g/mol. The Labute approximate surface area is 175 Å². The fourth-order valence-electron chi connectivity index (χ4n) is 2.33. The predicted octanol–water partition coefficient (Wildman–Crippen LogP) is 3.31. The Bertz CT molecular complexity index is 1130. The molecule has 0 aliphatic heterocycles. The van der Waals surface area contributed by atoms with E-state index in [1.807, 2.05) is 30.3 Å². The number of nitrogens with zero attached hydrogens (tertiary/aromatic N) is 2. The number of rotatable bonds is 7. The molecule has 0 saturated carbocycles. The number of carbonyl (C=O) groups is 1. The lowest BCUT2D eigenvalue weighted by molar-refractivity contribution is 0.0598. The molecule has 0 saturated heterocycles. The highest BCUT2D eigenvalue weighted by molar-refractivity contribution is 9.10. The third-order valence-electron chi connectivity index (χ3n) is 3.73. The Morgan fingerprint density at radius 1 is 1.28 bits per heavy atom. The second kappa shape index (κ2) is 8.62. The molecule has 0 radical (unpaired) electrons. The highest BCUT2D eigenvalue weighted by Crippen LogP contribution is 2.27. The zero-order chi connectivity index (χ0) is 21.0. The molecule has 3 aromatic rings.